The molecule has 7 nitrogen and oxygen atoms in total. The summed E-state index contributed by atoms with van der Waals surface area (Å²) in [5.74, 6) is -3.04. The summed E-state index contributed by atoms with van der Waals surface area (Å²) < 4.78 is 30.7. The van der Waals surface area contributed by atoms with E-state index in [1.807, 2.05) is 22.6 Å². The third-order valence-electron chi connectivity index (χ3n) is 2.09. The maximum atomic E-state index is 11.7. The van der Waals surface area contributed by atoms with Crippen molar-refractivity contribution in [3.05, 3.63) is 27.3 Å². The van der Waals surface area contributed by atoms with Crippen molar-refractivity contribution in [2.45, 2.75) is 6.92 Å². The SMILES string of the molecule is CCOC(=O)CS(=O)(=O)Nc1ccc(I)cc1C(=O)O. The van der Waals surface area contributed by atoms with Crippen molar-refractivity contribution in [1.29, 1.82) is 0 Å². The number of carbonyl (C=O) groups excluding carboxylic acids is 1. The van der Waals surface area contributed by atoms with Gasteiger partial charge in [0.15, 0.2) is 5.75 Å². The number of carbonyl (C=O) groups is 2. The molecule has 0 bridgehead atoms. The molecule has 0 aliphatic rings. The van der Waals surface area contributed by atoms with E-state index >= 15 is 0 Å². The molecular formula is C11H12INO6S. The van der Waals surface area contributed by atoms with Gasteiger partial charge >= 0.3 is 11.9 Å². The van der Waals surface area contributed by atoms with Crippen LogP contribution < -0.4 is 4.72 Å². The van der Waals surface area contributed by atoms with Crippen LogP contribution in [0.25, 0.3) is 0 Å². The fourth-order valence-electron chi connectivity index (χ4n) is 1.34. The summed E-state index contributed by atoms with van der Waals surface area (Å²) >= 11 is 1.91. The van der Waals surface area contributed by atoms with Crippen molar-refractivity contribution < 1.29 is 27.9 Å². The molecule has 0 saturated carbocycles. The van der Waals surface area contributed by atoms with Gasteiger partial charge in [-0.05, 0) is 47.7 Å². The number of benzene rings is 1. The summed E-state index contributed by atoms with van der Waals surface area (Å²) in [5.41, 5.74) is -0.286. The molecule has 1 aromatic carbocycles. The third kappa shape index (κ3) is 4.96. The van der Waals surface area contributed by atoms with Crippen molar-refractivity contribution >= 4 is 50.2 Å². The number of nitrogens with one attached hydrogen (secondary N) is 1. The van der Waals surface area contributed by atoms with Gasteiger partial charge in [0.2, 0.25) is 10.0 Å². The molecule has 0 spiro atoms. The quantitative estimate of drug-likeness (QED) is 0.538. The molecule has 0 radical (unpaired) electrons. The zero-order valence-corrected chi connectivity index (χ0v) is 13.4. The van der Waals surface area contributed by atoms with Gasteiger partial charge in [-0.25, -0.2) is 13.2 Å². The van der Waals surface area contributed by atoms with Crippen LogP contribution in [0.15, 0.2) is 18.2 Å². The average Bonchev–Trinajstić information content (AvgIpc) is 2.30. The molecule has 2 N–H and O–H groups in total. The predicted molar refractivity (Wildman–Crippen MR) is 80.2 cm³/mol. The number of esters is 1. The fourth-order valence-corrected chi connectivity index (χ4v) is 2.81. The first kappa shape index (κ1) is 16.7. The van der Waals surface area contributed by atoms with E-state index in [0.29, 0.717) is 3.57 Å². The second kappa shape index (κ2) is 6.88. The minimum Gasteiger partial charge on any atom is -0.478 e. The number of ether oxygens (including phenoxy) is 1. The van der Waals surface area contributed by atoms with Crippen molar-refractivity contribution in [2.24, 2.45) is 0 Å². The van der Waals surface area contributed by atoms with E-state index in [4.69, 9.17) is 5.11 Å². The van der Waals surface area contributed by atoms with Crippen LogP contribution in [0.3, 0.4) is 0 Å². The van der Waals surface area contributed by atoms with Crippen molar-refractivity contribution in [1.82, 2.24) is 0 Å². The molecule has 0 unspecified atom stereocenters. The number of sulfonamides is 1. The monoisotopic (exact) mass is 413 g/mol. The van der Waals surface area contributed by atoms with Crippen LogP contribution in [0.4, 0.5) is 5.69 Å². The first-order chi connectivity index (χ1) is 9.25. The molecule has 0 aromatic heterocycles. The molecule has 0 aliphatic carbocycles. The predicted octanol–water partition coefficient (Wildman–Crippen LogP) is 1.29. The van der Waals surface area contributed by atoms with E-state index in [1.165, 1.54) is 12.1 Å². The molecule has 0 amide bonds. The van der Waals surface area contributed by atoms with Crippen LogP contribution in [0.5, 0.6) is 0 Å². The van der Waals surface area contributed by atoms with Crippen LogP contribution in [-0.2, 0) is 19.6 Å². The fraction of sp³-hybridized carbons (Fsp3) is 0.273. The largest absolute Gasteiger partial charge is 0.478 e. The number of carboxylic acids is 1. The van der Waals surface area contributed by atoms with Crippen molar-refractivity contribution in [2.75, 3.05) is 17.1 Å². The van der Waals surface area contributed by atoms with Crippen molar-refractivity contribution in [3.63, 3.8) is 0 Å². The highest BCUT2D eigenvalue weighted by Gasteiger charge is 2.20. The second-order valence-electron chi connectivity index (χ2n) is 3.66. The first-order valence-electron chi connectivity index (χ1n) is 5.44. The topological polar surface area (TPSA) is 110 Å². The zero-order chi connectivity index (χ0) is 15.3. The molecule has 1 aromatic rings. The smallest absolute Gasteiger partial charge is 0.337 e. The summed E-state index contributed by atoms with van der Waals surface area (Å²) in [6, 6.07) is 4.20. The second-order valence-corrected chi connectivity index (χ2v) is 6.63. The minimum atomic E-state index is -4.02. The lowest BCUT2D eigenvalue weighted by atomic mass is 10.2. The summed E-state index contributed by atoms with van der Waals surface area (Å²) in [4.78, 5) is 22.2. The van der Waals surface area contributed by atoms with Gasteiger partial charge in [0.25, 0.3) is 0 Å². The van der Waals surface area contributed by atoms with E-state index in [0.717, 1.165) is 0 Å². The van der Waals surface area contributed by atoms with Gasteiger partial charge in [0, 0.05) is 3.57 Å². The van der Waals surface area contributed by atoms with E-state index in [9.17, 15) is 18.0 Å². The number of anilines is 1. The number of hydrogen-bond acceptors (Lipinski definition) is 5. The summed E-state index contributed by atoms with van der Waals surface area (Å²) in [6.45, 7) is 1.62. The number of aromatic carboxylic acids is 1. The van der Waals surface area contributed by atoms with Gasteiger partial charge in [-0.1, -0.05) is 0 Å². The number of rotatable bonds is 6. The Kier molecular flexibility index (Phi) is 5.74. The van der Waals surface area contributed by atoms with E-state index < -0.39 is 27.7 Å². The van der Waals surface area contributed by atoms with Gasteiger partial charge in [-0.2, -0.15) is 0 Å². The molecule has 20 heavy (non-hydrogen) atoms. The molecule has 0 atom stereocenters. The molecule has 0 aliphatic heterocycles. The van der Waals surface area contributed by atoms with Crippen molar-refractivity contribution in [3.8, 4) is 0 Å². The molecule has 110 valence electrons. The third-order valence-corrected chi connectivity index (χ3v) is 3.91. The molecule has 9 heteroatoms. The van der Waals surface area contributed by atoms with Crippen LogP contribution in [0, 0.1) is 3.57 Å². The Morgan fingerprint density at radius 2 is 2.05 bits per heavy atom. The Hall–Kier alpha value is -1.36. The molecule has 1 rings (SSSR count). The van der Waals surface area contributed by atoms with Gasteiger partial charge in [0.05, 0.1) is 17.9 Å². The molecule has 0 saturated heterocycles. The lowest BCUT2D eigenvalue weighted by molar-refractivity contribution is -0.139. The maximum Gasteiger partial charge on any atom is 0.337 e. The zero-order valence-electron chi connectivity index (χ0n) is 10.4. The number of carboxylic acid groups (broad SMARTS) is 1. The molecule has 0 fully saturated rings. The van der Waals surface area contributed by atoms with Gasteiger partial charge in [-0.15, -0.1) is 0 Å². The van der Waals surface area contributed by atoms with Gasteiger partial charge in [0.1, 0.15) is 0 Å². The minimum absolute atomic E-state index is 0.0677. The molecular weight excluding hydrogens is 401 g/mol. The summed E-state index contributed by atoms with van der Waals surface area (Å²) in [6.07, 6.45) is 0. The maximum absolute atomic E-state index is 11.7. The number of hydrogen-bond donors (Lipinski definition) is 2. The van der Waals surface area contributed by atoms with Gasteiger partial charge < -0.3 is 9.84 Å². The van der Waals surface area contributed by atoms with E-state index in [1.54, 1.807) is 13.0 Å². The van der Waals surface area contributed by atoms with Crippen LogP contribution in [0.1, 0.15) is 17.3 Å². The summed E-state index contributed by atoms with van der Waals surface area (Å²) in [7, 11) is -4.02. The summed E-state index contributed by atoms with van der Waals surface area (Å²) in [5, 5.41) is 9.02. The highest BCUT2D eigenvalue weighted by atomic mass is 127. The Balaban J connectivity index is 2.98. The van der Waals surface area contributed by atoms with Crippen LogP contribution in [0.2, 0.25) is 0 Å². The number of halogens is 1. The Morgan fingerprint density at radius 1 is 1.40 bits per heavy atom. The van der Waals surface area contributed by atoms with Crippen LogP contribution in [-0.4, -0.2) is 37.8 Å². The lowest BCUT2D eigenvalue weighted by Gasteiger charge is -2.10. The Labute approximate surface area is 129 Å². The molecule has 0 heterocycles. The van der Waals surface area contributed by atoms with E-state index in [2.05, 4.69) is 9.46 Å². The van der Waals surface area contributed by atoms with Crippen LogP contribution >= 0.6 is 22.6 Å². The normalized spacial score (nSPS) is 10.9. The highest BCUT2D eigenvalue weighted by molar-refractivity contribution is 14.1. The van der Waals surface area contributed by atoms with E-state index in [-0.39, 0.29) is 17.9 Å². The first-order valence-corrected chi connectivity index (χ1v) is 8.17. The Bertz CT molecular complexity index is 628. The Morgan fingerprint density at radius 3 is 2.60 bits per heavy atom. The standard InChI is InChI=1S/C11H12INO6S/c1-2-19-10(14)6-20(17,18)13-9-4-3-7(12)5-8(9)11(15)16/h3-5,13H,2,6H2,1H3,(H,15,16). The lowest BCUT2D eigenvalue weighted by Crippen LogP contribution is -2.25. The van der Waals surface area contributed by atoms with Gasteiger partial charge in [-0.3, -0.25) is 9.52 Å². The average molecular weight is 413 g/mol. The highest BCUT2D eigenvalue weighted by Crippen LogP contribution is 2.20.